The summed E-state index contributed by atoms with van der Waals surface area (Å²) in [6.45, 7) is 7.21. The van der Waals surface area contributed by atoms with Gasteiger partial charge in [-0.2, -0.15) is 0 Å². The molecule has 5 heteroatoms. The van der Waals surface area contributed by atoms with Gasteiger partial charge in [-0.3, -0.25) is 4.79 Å². The molecule has 0 N–H and O–H groups in total. The fourth-order valence-electron chi connectivity index (χ4n) is 6.51. The van der Waals surface area contributed by atoms with Crippen molar-refractivity contribution in [3.05, 3.63) is 95.6 Å². The summed E-state index contributed by atoms with van der Waals surface area (Å²) in [5.74, 6) is 3.09. The minimum atomic E-state index is -0.877. The lowest BCUT2D eigenvalue weighted by Crippen LogP contribution is -2.36. The number of rotatable bonds is 11. The molecule has 3 aromatic carbocycles. The Morgan fingerprint density at radius 1 is 0.805 bits per heavy atom. The monoisotopic (exact) mass is 556 g/mol. The largest absolute Gasteiger partial charge is 0.497 e. The number of methoxy groups -OCH3 is 2. The number of carbonyl (C=O) groups is 1. The first-order valence-electron chi connectivity index (χ1n) is 15.0. The molecule has 218 valence electrons. The number of ether oxygens (including phenoxy) is 4. The van der Waals surface area contributed by atoms with E-state index in [9.17, 15) is 4.79 Å². The fourth-order valence-corrected chi connectivity index (χ4v) is 6.51. The zero-order valence-electron chi connectivity index (χ0n) is 25.0. The average Bonchev–Trinajstić information content (AvgIpc) is 3.78. The lowest BCUT2D eigenvalue weighted by molar-refractivity contribution is -0.158. The first kappa shape index (κ1) is 29.2. The maximum Gasteiger partial charge on any atom is 0.309 e. The lowest BCUT2D eigenvalue weighted by Gasteiger charge is -2.37. The highest BCUT2D eigenvalue weighted by Crippen LogP contribution is 2.47. The molecule has 0 spiro atoms. The predicted octanol–water partition coefficient (Wildman–Crippen LogP) is 7.65. The van der Waals surface area contributed by atoms with Crippen molar-refractivity contribution in [1.29, 1.82) is 0 Å². The van der Waals surface area contributed by atoms with Crippen LogP contribution < -0.4 is 9.47 Å². The predicted molar refractivity (Wildman–Crippen MR) is 161 cm³/mol. The summed E-state index contributed by atoms with van der Waals surface area (Å²) < 4.78 is 24.1. The van der Waals surface area contributed by atoms with Gasteiger partial charge in [0.2, 0.25) is 0 Å². The van der Waals surface area contributed by atoms with Crippen molar-refractivity contribution in [2.45, 2.75) is 58.2 Å². The number of benzene rings is 3. The zero-order chi connectivity index (χ0) is 29.0. The van der Waals surface area contributed by atoms with Gasteiger partial charge in [-0.15, -0.1) is 0 Å². The summed E-state index contributed by atoms with van der Waals surface area (Å²) in [7, 11) is 3.34. The van der Waals surface area contributed by atoms with Gasteiger partial charge in [-0.05, 0) is 83.9 Å². The first-order chi connectivity index (χ1) is 19.8. The van der Waals surface area contributed by atoms with Gasteiger partial charge in [-0.25, -0.2) is 0 Å². The van der Waals surface area contributed by atoms with Crippen LogP contribution in [0.5, 0.6) is 11.5 Å². The molecule has 0 radical (unpaired) electrons. The smallest absolute Gasteiger partial charge is 0.309 e. The maximum atomic E-state index is 13.3. The molecule has 41 heavy (non-hydrogen) atoms. The van der Waals surface area contributed by atoms with Crippen molar-refractivity contribution < 1.29 is 23.7 Å². The molecular formula is C36H44O5. The number of carbonyl (C=O) groups excluding carboxylic acids is 1. The van der Waals surface area contributed by atoms with Gasteiger partial charge in [0.15, 0.2) is 0 Å². The Labute approximate surface area is 245 Å². The van der Waals surface area contributed by atoms with E-state index in [1.165, 1.54) is 6.42 Å². The van der Waals surface area contributed by atoms with Gasteiger partial charge in [0.25, 0.3) is 0 Å². The van der Waals surface area contributed by atoms with Gasteiger partial charge < -0.3 is 18.9 Å². The molecule has 2 fully saturated rings. The lowest BCUT2D eigenvalue weighted by atomic mass is 9.75. The van der Waals surface area contributed by atoms with Crippen LogP contribution in [0.1, 0.15) is 63.1 Å². The molecule has 0 bridgehead atoms. The van der Waals surface area contributed by atoms with E-state index in [1.54, 1.807) is 14.2 Å². The fraction of sp³-hybridized carbons (Fsp3) is 0.472. The Morgan fingerprint density at radius 2 is 1.37 bits per heavy atom. The van der Waals surface area contributed by atoms with Crippen LogP contribution in [0.3, 0.4) is 0 Å². The van der Waals surface area contributed by atoms with Crippen LogP contribution in [0.4, 0.5) is 0 Å². The third-order valence-electron chi connectivity index (χ3n) is 9.14. The van der Waals surface area contributed by atoms with Crippen molar-refractivity contribution in [3.8, 4) is 11.5 Å². The Hall–Kier alpha value is -3.31. The van der Waals surface area contributed by atoms with E-state index >= 15 is 0 Å². The standard InChI is InChI=1S/C36H44O5/c1-24(2)32-20-11-25(3)21-34(32)41-35(37)33-22-26(33)23-40-36(27-9-7-6-8-10-27,28-12-16-30(38-4)17-13-28)29-14-18-31(39-5)19-15-29/h6-10,12-19,24-26,32-34H,11,20-23H2,1-5H3. The van der Waals surface area contributed by atoms with Gasteiger partial charge in [0.1, 0.15) is 23.2 Å². The van der Waals surface area contributed by atoms with Crippen molar-refractivity contribution in [1.82, 2.24) is 0 Å². The van der Waals surface area contributed by atoms with E-state index in [2.05, 4.69) is 57.2 Å². The third-order valence-corrected chi connectivity index (χ3v) is 9.14. The van der Waals surface area contributed by atoms with E-state index in [0.29, 0.717) is 24.4 Å². The van der Waals surface area contributed by atoms with E-state index in [-0.39, 0.29) is 23.9 Å². The third kappa shape index (κ3) is 6.30. The summed E-state index contributed by atoms with van der Waals surface area (Å²) in [5, 5.41) is 0. The Kier molecular flexibility index (Phi) is 9.03. The van der Waals surface area contributed by atoms with E-state index in [4.69, 9.17) is 18.9 Å². The van der Waals surface area contributed by atoms with E-state index < -0.39 is 5.60 Å². The Bertz CT molecular complexity index is 1220. The van der Waals surface area contributed by atoms with Crippen LogP contribution in [0.15, 0.2) is 78.9 Å². The van der Waals surface area contributed by atoms with Crippen LogP contribution in [0.25, 0.3) is 0 Å². The highest BCUT2D eigenvalue weighted by atomic mass is 16.5. The minimum Gasteiger partial charge on any atom is -0.497 e. The molecular weight excluding hydrogens is 512 g/mol. The van der Waals surface area contributed by atoms with Crippen LogP contribution in [0.2, 0.25) is 0 Å². The molecule has 0 saturated heterocycles. The second-order valence-electron chi connectivity index (χ2n) is 12.2. The molecule has 5 unspecified atom stereocenters. The molecule has 2 saturated carbocycles. The van der Waals surface area contributed by atoms with Crippen LogP contribution in [-0.2, 0) is 19.9 Å². The minimum absolute atomic E-state index is 0.0235. The molecule has 5 nitrogen and oxygen atoms in total. The average molecular weight is 557 g/mol. The molecule has 5 atom stereocenters. The van der Waals surface area contributed by atoms with Gasteiger partial charge in [0.05, 0.1) is 26.7 Å². The number of esters is 1. The van der Waals surface area contributed by atoms with E-state index in [1.807, 2.05) is 42.5 Å². The summed E-state index contributed by atoms with van der Waals surface area (Å²) in [5.41, 5.74) is 2.13. The zero-order valence-corrected chi connectivity index (χ0v) is 25.0. The quantitative estimate of drug-likeness (QED) is 0.179. The van der Waals surface area contributed by atoms with Gasteiger partial charge in [0, 0.05) is 0 Å². The molecule has 0 aliphatic heterocycles. The van der Waals surface area contributed by atoms with E-state index in [0.717, 1.165) is 47.5 Å². The van der Waals surface area contributed by atoms with Crippen molar-refractivity contribution >= 4 is 5.97 Å². The van der Waals surface area contributed by atoms with Crippen LogP contribution in [-0.4, -0.2) is 32.9 Å². The highest BCUT2D eigenvalue weighted by molar-refractivity contribution is 5.76. The second-order valence-corrected chi connectivity index (χ2v) is 12.2. The summed E-state index contributed by atoms with van der Waals surface area (Å²) in [4.78, 5) is 13.3. The molecule has 0 aromatic heterocycles. The number of hydrogen-bond donors (Lipinski definition) is 0. The summed E-state index contributed by atoms with van der Waals surface area (Å²) >= 11 is 0. The Balaban J connectivity index is 1.40. The Morgan fingerprint density at radius 3 is 1.90 bits per heavy atom. The first-order valence-corrected chi connectivity index (χ1v) is 15.0. The summed E-state index contributed by atoms with van der Waals surface area (Å²) in [6, 6.07) is 26.4. The topological polar surface area (TPSA) is 54.0 Å². The highest BCUT2D eigenvalue weighted by Gasteiger charge is 2.48. The van der Waals surface area contributed by atoms with Crippen LogP contribution in [0, 0.1) is 29.6 Å². The molecule has 5 rings (SSSR count). The molecule has 3 aromatic rings. The molecule has 2 aliphatic rings. The SMILES string of the molecule is COc1ccc(C(OCC2CC2C(=O)OC2CC(C)CCC2C(C)C)(c2ccccc2)c2ccc(OC)cc2)cc1. The molecule has 2 aliphatic carbocycles. The molecule has 0 amide bonds. The maximum absolute atomic E-state index is 13.3. The van der Waals surface area contributed by atoms with Crippen molar-refractivity contribution in [2.24, 2.45) is 29.6 Å². The summed E-state index contributed by atoms with van der Waals surface area (Å²) in [6.07, 6.45) is 4.14. The molecule has 0 heterocycles. The number of hydrogen-bond acceptors (Lipinski definition) is 5. The normalized spacial score (nSPS) is 24.1. The van der Waals surface area contributed by atoms with Crippen molar-refractivity contribution in [2.75, 3.05) is 20.8 Å². The van der Waals surface area contributed by atoms with Crippen molar-refractivity contribution in [3.63, 3.8) is 0 Å². The second kappa shape index (κ2) is 12.7. The van der Waals surface area contributed by atoms with Gasteiger partial charge in [-0.1, -0.05) is 81.8 Å². The van der Waals surface area contributed by atoms with Crippen LogP contribution >= 0.6 is 0 Å². The van der Waals surface area contributed by atoms with Gasteiger partial charge >= 0.3 is 5.97 Å².